The average molecular weight is 727 g/mol. The highest BCUT2D eigenvalue weighted by Crippen LogP contribution is 2.36. The third-order valence-corrected chi connectivity index (χ3v) is 10.6. The molecule has 0 unspecified atom stereocenters. The molecule has 0 saturated heterocycles. The summed E-state index contributed by atoms with van der Waals surface area (Å²) in [6.07, 6.45) is 0. The SMILES string of the molecule is Cn1c2ccccc2[nH]c2ccccc2n1-c1cc(-n2nc3ccccc3n2)c(-n2nc3ccccc3n2)cc1-n1c2ccccc2n2c3ccccc3nc12. The molecule has 12 nitrogen and oxygen atoms in total. The molecule has 12 aromatic rings. The Hall–Kier alpha value is -7.99. The first-order valence-electron chi connectivity index (χ1n) is 18.4. The summed E-state index contributed by atoms with van der Waals surface area (Å²) in [7, 11) is 2.09. The van der Waals surface area contributed by atoms with Crippen LogP contribution in [0, 0.1) is 0 Å². The molecule has 0 atom stereocenters. The van der Waals surface area contributed by atoms with Crippen LogP contribution in [0.15, 0.2) is 158 Å². The van der Waals surface area contributed by atoms with Crippen molar-refractivity contribution in [3.8, 4) is 22.7 Å². The van der Waals surface area contributed by atoms with Crippen LogP contribution >= 0.6 is 0 Å². The summed E-state index contributed by atoms with van der Waals surface area (Å²) in [4.78, 5) is 12.4. The number of aryl methyl sites for hydroxylation is 1. The van der Waals surface area contributed by atoms with E-state index in [1.165, 1.54) is 0 Å². The van der Waals surface area contributed by atoms with Crippen molar-refractivity contribution >= 4 is 72.0 Å². The molecular formula is C44H30N12. The summed E-state index contributed by atoms with van der Waals surface area (Å²) < 4.78 is 8.92. The largest absolute Gasteiger partial charge is 0.352 e. The van der Waals surface area contributed by atoms with E-state index in [2.05, 4.69) is 133 Å². The summed E-state index contributed by atoms with van der Waals surface area (Å²) in [5.74, 6) is 0.776. The number of aromatic nitrogens is 12. The Morgan fingerprint density at radius 3 is 1.46 bits per heavy atom. The highest BCUT2D eigenvalue weighted by Gasteiger charge is 2.25. The third-order valence-electron chi connectivity index (χ3n) is 10.6. The monoisotopic (exact) mass is 726 g/mol. The van der Waals surface area contributed by atoms with E-state index < -0.39 is 0 Å². The maximum atomic E-state index is 5.29. The predicted octanol–water partition coefficient (Wildman–Crippen LogP) is 8.79. The zero-order chi connectivity index (χ0) is 36.9. The van der Waals surface area contributed by atoms with Gasteiger partial charge in [0.2, 0.25) is 5.78 Å². The summed E-state index contributed by atoms with van der Waals surface area (Å²) in [6, 6.07) is 53.5. The summed E-state index contributed by atoms with van der Waals surface area (Å²) in [5, 5.41) is 20.1. The highest BCUT2D eigenvalue weighted by molar-refractivity contribution is 5.93. The number of H-pyrrole nitrogens is 1. The fourth-order valence-corrected chi connectivity index (χ4v) is 8.08. The lowest BCUT2D eigenvalue weighted by Gasteiger charge is -2.21. The first-order chi connectivity index (χ1) is 27.7. The predicted molar refractivity (Wildman–Crippen MR) is 220 cm³/mol. The molecular weight excluding hydrogens is 697 g/mol. The molecule has 0 spiro atoms. The summed E-state index contributed by atoms with van der Waals surface area (Å²) in [5.41, 5.74) is 14.1. The van der Waals surface area contributed by atoms with Crippen LogP contribution in [0.2, 0.25) is 0 Å². The minimum Gasteiger partial charge on any atom is -0.352 e. The topological polar surface area (TPSA) is 109 Å². The van der Waals surface area contributed by atoms with E-state index in [9.17, 15) is 0 Å². The molecule has 12 rings (SSSR count). The van der Waals surface area contributed by atoms with Gasteiger partial charge in [0.15, 0.2) is 0 Å². The Morgan fingerprint density at radius 2 is 0.857 bits per heavy atom. The van der Waals surface area contributed by atoms with Gasteiger partial charge in [-0.3, -0.25) is 13.6 Å². The fraction of sp³-hybridized carbons (Fsp3) is 0.0227. The number of aromatic amines is 1. The van der Waals surface area contributed by atoms with Crippen LogP contribution in [0.3, 0.4) is 0 Å². The van der Waals surface area contributed by atoms with Gasteiger partial charge in [0.05, 0.1) is 55.5 Å². The van der Waals surface area contributed by atoms with Crippen molar-refractivity contribution in [1.29, 1.82) is 0 Å². The Balaban J connectivity index is 1.31. The Kier molecular flexibility index (Phi) is 6.26. The molecule has 1 N–H and O–H groups in total. The van der Waals surface area contributed by atoms with Crippen LogP contribution in [0.25, 0.3) is 94.7 Å². The van der Waals surface area contributed by atoms with E-state index in [0.29, 0.717) is 11.4 Å². The lowest BCUT2D eigenvalue weighted by Crippen LogP contribution is -2.17. The number of imidazole rings is 2. The number of para-hydroxylation sites is 8. The third kappa shape index (κ3) is 4.37. The molecule has 0 bridgehead atoms. The van der Waals surface area contributed by atoms with Gasteiger partial charge in [0.1, 0.15) is 33.4 Å². The minimum atomic E-state index is 0.691. The van der Waals surface area contributed by atoms with Gasteiger partial charge in [0, 0.05) is 7.05 Å². The second-order valence-corrected chi connectivity index (χ2v) is 13.8. The molecule has 0 aliphatic carbocycles. The second-order valence-electron chi connectivity index (χ2n) is 13.8. The van der Waals surface area contributed by atoms with Crippen LogP contribution in [0.5, 0.6) is 0 Å². The van der Waals surface area contributed by atoms with E-state index in [4.69, 9.17) is 25.4 Å². The van der Waals surface area contributed by atoms with Crippen LogP contribution in [-0.4, -0.2) is 58.3 Å². The second kappa shape index (κ2) is 11.5. The maximum absolute atomic E-state index is 5.29. The first kappa shape index (κ1) is 30.5. The number of nitrogens with one attached hydrogen (secondary N) is 1. The Bertz CT molecular complexity index is 3510. The van der Waals surface area contributed by atoms with Crippen molar-refractivity contribution in [3.63, 3.8) is 0 Å². The molecule has 7 aromatic carbocycles. The molecule has 0 radical (unpaired) electrons. The molecule has 0 amide bonds. The van der Waals surface area contributed by atoms with Crippen molar-refractivity contribution in [2.45, 2.75) is 0 Å². The van der Waals surface area contributed by atoms with Crippen molar-refractivity contribution in [1.82, 2.24) is 58.3 Å². The van der Waals surface area contributed by atoms with Crippen molar-refractivity contribution < 1.29 is 0 Å². The van der Waals surface area contributed by atoms with Gasteiger partial charge in [-0.05, 0) is 84.9 Å². The number of benzene rings is 7. The van der Waals surface area contributed by atoms with Crippen molar-refractivity contribution in [2.75, 3.05) is 0 Å². The lowest BCUT2D eigenvalue weighted by atomic mass is 10.1. The Morgan fingerprint density at radius 1 is 0.411 bits per heavy atom. The summed E-state index contributed by atoms with van der Waals surface area (Å²) >= 11 is 0. The van der Waals surface area contributed by atoms with Crippen LogP contribution in [0.1, 0.15) is 0 Å². The first-order valence-corrected chi connectivity index (χ1v) is 18.4. The van der Waals surface area contributed by atoms with E-state index in [1.807, 2.05) is 54.6 Å². The highest BCUT2D eigenvalue weighted by atomic mass is 15.5. The minimum absolute atomic E-state index is 0.691. The van der Waals surface area contributed by atoms with E-state index >= 15 is 0 Å². The zero-order valence-electron chi connectivity index (χ0n) is 29.9. The standard InChI is InChI=1S/C44H30N12/c1-51-35-21-9-6-18-32(35)45-34-20-8-11-23-37(34)54(51)41-27-43(56-49-30-16-4-5-17-31(30)50-56)42(55-47-28-14-2-3-15-29(28)48-55)26-40(41)53-39-25-13-12-24-38(39)52-36-22-10-7-19-33(36)46-44(52)53/h2-27,45H,1H3. The molecule has 266 valence electrons. The number of hydrogen-bond acceptors (Lipinski definition) is 5. The molecule has 0 aliphatic rings. The quantitative estimate of drug-likeness (QED) is 0.195. The van der Waals surface area contributed by atoms with Crippen LogP contribution in [0.4, 0.5) is 0 Å². The van der Waals surface area contributed by atoms with E-state index in [-0.39, 0.29) is 0 Å². The fourth-order valence-electron chi connectivity index (χ4n) is 8.08. The maximum Gasteiger partial charge on any atom is 0.220 e. The van der Waals surface area contributed by atoms with Crippen LogP contribution < -0.4 is 0 Å². The Labute approximate surface area is 317 Å². The number of rotatable bonds is 4. The number of hydrogen-bond donors (Lipinski definition) is 1. The van der Waals surface area contributed by atoms with Gasteiger partial charge in [-0.15, -0.1) is 30.0 Å². The zero-order valence-corrected chi connectivity index (χ0v) is 29.9. The lowest BCUT2D eigenvalue weighted by molar-refractivity contribution is 0.680. The summed E-state index contributed by atoms with van der Waals surface area (Å²) in [6.45, 7) is 0. The molecule has 56 heavy (non-hydrogen) atoms. The van der Waals surface area contributed by atoms with Crippen molar-refractivity contribution in [3.05, 3.63) is 158 Å². The molecule has 0 fully saturated rings. The number of nitrogens with zero attached hydrogens (tertiary/aromatic N) is 11. The van der Waals surface area contributed by atoms with Gasteiger partial charge >= 0.3 is 0 Å². The van der Waals surface area contributed by atoms with Gasteiger partial charge in [-0.25, -0.2) is 9.67 Å². The molecule has 12 heteroatoms. The van der Waals surface area contributed by atoms with Gasteiger partial charge in [-0.1, -0.05) is 72.8 Å². The smallest absolute Gasteiger partial charge is 0.220 e. The normalized spacial score (nSPS) is 12.0. The average Bonchev–Trinajstić information content (AvgIpc) is 4.01. The van der Waals surface area contributed by atoms with Gasteiger partial charge < -0.3 is 4.98 Å². The number of fused-ring (bicyclic) bond motifs is 9. The molecule has 5 heterocycles. The van der Waals surface area contributed by atoms with Gasteiger partial charge in [0.25, 0.3) is 0 Å². The molecule has 5 aromatic heterocycles. The van der Waals surface area contributed by atoms with E-state index in [1.54, 1.807) is 9.59 Å². The van der Waals surface area contributed by atoms with Gasteiger partial charge in [-0.2, -0.15) is 0 Å². The van der Waals surface area contributed by atoms with E-state index in [0.717, 1.165) is 83.4 Å². The van der Waals surface area contributed by atoms with Crippen LogP contribution in [-0.2, 0) is 7.05 Å². The molecule has 0 saturated carbocycles. The molecule has 0 aliphatic heterocycles. The van der Waals surface area contributed by atoms with Crippen molar-refractivity contribution in [2.24, 2.45) is 7.05 Å².